The Labute approximate surface area is 70.3 Å². The van der Waals surface area contributed by atoms with Crippen molar-refractivity contribution < 1.29 is 19.1 Å². The molecule has 0 spiro atoms. The molecule has 0 amide bonds. The third-order valence-corrected chi connectivity index (χ3v) is 1.32. The monoisotopic (exact) mass is 173 g/mol. The molecule has 0 aromatic heterocycles. The summed E-state index contributed by atoms with van der Waals surface area (Å²) in [5.41, 5.74) is 0.328. The van der Waals surface area contributed by atoms with E-state index >= 15 is 0 Å². The van der Waals surface area contributed by atoms with Gasteiger partial charge in [0.2, 0.25) is 0 Å². The SMILES string of the molecule is CCOCOC(=O)C1=NOCC1. The molecular weight excluding hydrogens is 162 g/mol. The first kappa shape index (κ1) is 8.99. The summed E-state index contributed by atoms with van der Waals surface area (Å²) in [6.45, 7) is 2.79. The normalized spacial score (nSPS) is 15.2. The van der Waals surface area contributed by atoms with Crippen LogP contribution in [0, 0.1) is 0 Å². The van der Waals surface area contributed by atoms with Crippen LogP contribution in [0.2, 0.25) is 0 Å². The van der Waals surface area contributed by atoms with Gasteiger partial charge in [0.05, 0.1) is 0 Å². The largest absolute Gasteiger partial charge is 0.434 e. The highest BCUT2D eigenvalue weighted by Gasteiger charge is 2.18. The van der Waals surface area contributed by atoms with Crippen molar-refractivity contribution in [1.29, 1.82) is 0 Å². The smallest absolute Gasteiger partial charge is 0.358 e. The van der Waals surface area contributed by atoms with Gasteiger partial charge in [-0.05, 0) is 6.92 Å². The van der Waals surface area contributed by atoms with E-state index in [-0.39, 0.29) is 6.79 Å². The molecule has 0 saturated heterocycles. The van der Waals surface area contributed by atoms with Crippen LogP contribution in [0.5, 0.6) is 0 Å². The van der Waals surface area contributed by atoms with Gasteiger partial charge in [-0.15, -0.1) is 0 Å². The molecular formula is C7H11NO4. The molecule has 0 N–H and O–H groups in total. The summed E-state index contributed by atoms with van der Waals surface area (Å²) in [5.74, 6) is -0.457. The molecule has 68 valence electrons. The Morgan fingerprint density at radius 3 is 3.17 bits per heavy atom. The lowest BCUT2D eigenvalue weighted by molar-refractivity contribution is -0.147. The topological polar surface area (TPSA) is 57.1 Å². The van der Waals surface area contributed by atoms with E-state index in [0.29, 0.717) is 25.3 Å². The van der Waals surface area contributed by atoms with Gasteiger partial charge < -0.3 is 14.3 Å². The van der Waals surface area contributed by atoms with Gasteiger partial charge in [-0.2, -0.15) is 0 Å². The van der Waals surface area contributed by atoms with Crippen molar-refractivity contribution >= 4 is 11.7 Å². The Balaban J connectivity index is 2.19. The molecule has 0 unspecified atom stereocenters. The summed E-state index contributed by atoms with van der Waals surface area (Å²) in [6.07, 6.45) is 0.519. The van der Waals surface area contributed by atoms with Gasteiger partial charge in [0.25, 0.3) is 0 Å². The van der Waals surface area contributed by atoms with Gasteiger partial charge in [0.1, 0.15) is 6.61 Å². The lowest BCUT2D eigenvalue weighted by Gasteiger charge is -2.01. The number of hydrogen-bond donors (Lipinski definition) is 0. The third-order valence-electron chi connectivity index (χ3n) is 1.32. The lowest BCUT2D eigenvalue weighted by atomic mass is 10.3. The molecule has 0 saturated carbocycles. The van der Waals surface area contributed by atoms with Crippen LogP contribution in [0.4, 0.5) is 0 Å². The van der Waals surface area contributed by atoms with Crippen molar-refractivity contribution in [1.82, 2.24) is 0 Å². The number of hydrogen-bond acceptors (Lipinski definition) is 5. The van der Waals surface area contributed by atoms with Crippen molar-refractivity contribution in [2.75, 3.05) is 20.0 Å². The maximum atomic E-state index is 11.0. The molecule has 0 atom stereocenters. The minimum Gasteiger partial charge on any atom is -0.434 e. The summed E-state index contributed by atoms with van der Waals surface area (Å²) in [5, 5.41) is 3.50. The van der Waals surface area contributed by atoms with Gasteiger partial charge in [-0.3, -0.25) is 0 Å². The fourth-order valence-corrected chi connectivity index (χ4v) is 0.713. The zero-order chi connectivity index (χ0) is 8.81. The number of ether oxygens (including phenoxy) is 2. The molecule has 0 aromatic rings. The van der Waals surface area contributed by atoms with Crippen molar-refractivity contribution in [3.63, 3.8) is 0 Å². The third kappa shape index (κ3) is 2.50. The molecule has 1 rings (SSSR count). The zero-order valence-corrected chi connectivity index (χ0v) is 6.91. The van der Waals surface area contributed by atoms with Crippen LogP contribution in [0.15, 0.2) is 5.16 Å². The van der Waals surface area contributed by atoms with Crippen LogP contribution in [-0.4, -0.2) is 31.7 Å². The van der Waals surface area contributed by atoms with Crippen molar-refractivity contribution in [2.24, 2.45) is 5.16 Å². The molecule has 0 bridgehead atoms. The maximum Gasteiger partial charge on any atom is 0.358 e. The molecule has 0 aliphatic carbocycles. The van der Waals surface area contributed by atoms with Crippen LogP contribution >= 0.6 is 0 Å². The number of rotatable bonds is 4. The summed E-state index contributed by atoms with van der Waals surface area (Å²) >= 11 is 0. The average molecular weight is 173 g/mol. The van der Waals surface area contributed by atoms with Gasteiger partial charge in [-0.25, -0.2) is 4.79 Å². The summed E-state index contributed by atoms with van der Waals surface area (Å²) in [6, 6.07) is 0. The van der Waals surface area contributed by atoms with Gasteiger partial charge in [-0.1, -0.05) is 5.16 Å². The Morgan fingerprint density at radius 1 is 1.75 bits per heavy atom. The first-order chi connectivity index (χ1) is 5.84. The zero-order valence-electron chi connectivity index (χ0n) is 6.91. The van der Waals surface area contributed by atoms with E-state index < -0.39 is 5.97 Å². The Hall–Kier alpha value is -1.10. The van der Waals surface area contributed by atoms with Crippen LogP contribution < -0.4 is 0 Å². The highest BCUT2D eigenvalue weighted by Crippen LogP contribution is 2.01. The number of nitrogens with zero attached hydrogens (tertiary/aromatic N) is 1. The quantitative estimate of drug-likeness (QED) is 0.348. The molecule has 0 aromatic carbocycles. The highest BCUT2D eigenvalue weighted by atomic mass is 16.7. The second-order valence-electron chi connectivity index (χ2n) is 2.16. The average Bonchev–Trinajstić information content (AvgIpc) is 2.56. The fourth-order valence-electron chi connectivity index (χ4n) is 0.713. The summed E-state index contributed by atoms with van der Waals surface area (Å²) in [7, 11) is 0. The molecule has 5 nitrogen and oxygen atoms in total. The van der Waals surface area contributed by atoms with E-state index in [9.17, 15) is 4.79 Å². The lowest BCUT2D eigenvalue weighted by Crippen LogP contribution is -2.17. The number of carbonyl (C=O) groups is 1. The van der Waals surface area contributed by atoms with E-state index in [1.54, 1.807) is 0 Å². The fraction of sp³-hybridized carbons (Fsp3) is 0.714. The van der Waals surface area contributed by atoms with E-state index in [1.807, 2.05) is 6.92 Å². The van der Waals surface area contributed by atoms with E-state index in [4.69, 9.17) is 9.47 Å². The second kappa shape index (κ2) is 4.71. The van der Waals surface area contributed by atoms with Gasteiger partial charge >= 0.3 is 5.97 Å². The van der Waals surface area contributed by atoms with Crippen molar-refractivity contribution in [2.45, 2.75) is 13.3 Å². The Kier molecular flexibility index (Phi) is 3.53. The van der Waals surface area contributed by atoms with E-state index in [2.05, 4.69) is 9.99 Å². The molecule has 1 aliphatic heterocycles. The van der Waals surface area contributed by atoms with Crippen LogP contribution in [0.1, 0.15) is 13.3 Å². The number of carbonyl (C=O) groups excluding carboxylic acids is 1. The Morgan fingerprint density at radius 2 is 2.58 bits per heavy atom. The van der Waals surface area contributed by atoms with Crippen molar-refractivity contribution in [3.05, 3.63) is 0 Å². The molecule has 12 heavy (non-hydrogen) atoms. The molecule has 1 heterocycles. The minimum atomic E-state index is -0.457. The predicted molar refractivity (Wildman–Crippen MR) is 40.6 cm³/mol. The minimum absolute atomic E-state index is 0.0195. The standard InChI is InChI=1S/C7H11NO4/c1-2-10-5-11-7(9)6-3-4-12-8-6/h2-5H2,1H3. The molecule has 5 heteroatoms. The van der Waals surface area contributed by atoms with Crippen molar-refractivity contribution in [3.8, 4) is 0 Å². The first-order valence-electron chi connectivity index (χ1n) is 3.78. The molecule has 0 fully saturated rings. The Bertz CT molecular complexity index is 190. The van der Waals surface area contributed by atoms with Crippen LogP contribution in [0.3, 0.4) is 0 Å². The van der Waals surface area contributed by atoms with E-state index in [0.717, 1.165) is 0 Å². The van der Waals surface area contributed by atoms with Gasteiger partial charge in [0, 0.05) is 13.0 Å². The second-order valence-corrected chi connectivity index (χ2v) is 2.16. The number of oxime groups is 1. The van der Waals surface area contributed by atoms with Gasteiger partial charge in [0.15, 0.2) is 12.5 Å². The molecule has 1 aliphatic rings. The van der Waals surface area contributed by atoms with E-state index in [1.165, 1.54) is 0 Å². The molecule has 0 radical (unpaired) electrons. The highest BCUT2D eigenvalue weighted by molar-refractivity contribution is 6.36. The summed E-state index contributed by atoms with van der Waals surface area (Å²) in [4.78, 5) is 15.6. The first-order valence-corrected chi connectivity index (χ1v) is 3.78. The number of esters is 1. The predicted octanol–water partition coefficient (Wildman–Crippen LogP) is 0.300. The maximum absolute atomic E-state index is 11.0. The van der Waals surface area contributed by atoms with Crippen LogP contribution in [0.25, 0.3) is 0 Å². The van der Waals surface area contributed by atoms with Crippen LogP contribution in [-0.2, 0) is 19.1 Å². The summed E-state index contributed by atoms with van der Waals surface area (Å²) < 4.78 is 9.52.